The number of carbonyl (C=O) groups excluding carboxylic acids is 3. The lowest BCUT2D eigenvalue weighted by atomic mass is 10.1. The molecule has 0 aromatic heterocycles. The predicted octanol–water partition coefficient (Wildman–Crippen LogP) is 1.74. The number of carbonyl (C=O) groups is 3. The topological polar surface area (TPSA) is 175 Å². The normalized spacial score (nSPS) is 14.3. The standard InChI is InChI=1S/C20H16N2O9S2/c1-12(23)21-16-4-2-3-14(20(16)33(29,30)31)6-5-13-7-8-15(11-17(13)32(26,27)28)22-18(24)9-10-19(22)25/h2-11H,1H3,(H,21,23)(H,26,27,28)(H,29,30,31)/b6-5+. The summed E-state index contributed by atoms with van der Waals surface area (Å²) in [4.78, 5) is 34.5. The molecule has 2 aromatic carbocycles. The van der Waals surface area contributed by atoms with Gasteiger partial charge < -0.3 is 5.32 Å². The van der Waals surface area contributed by atoms with Crippen LogP contribution in [0.1, 0.15) is 18.1 Å². The minimum absolute atomic E-state index is 0.0942. The van der Waals surface area contributed by atoms with Crippen LogP contribution in [-0.4, -0.2) is 43.7 Å². The van der Waals surface area contributed by atoms with Crippen molar-refractivity contribution in [1.82, 2.24) is 0 Å². The first-order valence-corrected chi connectivity index (χ1v) is 11.9. The van der Waals surface area contributed by atoms with Crippen molar-refractivity contribution in [2.75, 3.05) is 10.2 Å². The molecule has 0 aliphatic carbocycles. The van der Waals surface area contributed by atoms with Crippen LogP contribution in [0.2, 0.25) is 0 Å². The highest BCUT2D eigenvalue weighted by Crippen LogP contribution is 2.30. The van der Waals surface area contributed by atoms with Crippen molar-refractivity contribution in [3.8, 4) is 0 Å². The van der Waals surface area contributed by atoms with E-state index < -0.39 is 47.7 Å². The van der Waals surface area contributed by atoms with E-state index in [1.54, 1.807) is 0 Å². The van der Waals surface area contributed by atoms with Crippen LogP contribution in [0.15, 0.2) is 58.3 Å². The Bertz CT molecular complexity index is 1440. The second-order valence-electron chi connectivity index (χ2n) is 6.76. The molecule has 33 heavy (non-hydrogen) atoms. The summed E-state index contributed by atoms with van der Waals surface area (Å²) in [5.41, 5.74) is -0.509. The molecule has 172 valence electrons. The number of nitrogens with zero attached hydrogens (tertiary/aromatic N) is 1. The molecular formula is C20H16N2O9S2. The van der Waals surface area contributed by atoms with Gasteiger partial charge in [-0.2, -0.15) is 16.8 Å². The van der Waals surface area contributed by atoms with Crippen molar-refractivity contribution in [3.05, 3.63) is 59.7 Å². The van der Waals surface area contributed by atoms with Gasteiger partial charge in [-0.1, -0.05) is 30.4 Å². The fourth-order valence-electron chi connectivity index (χ4n) is 3.12. The second kappa shape index (κ2) is 8.71. The van der Waals surface area contributed by atoms with Gasteiger partial charge in [-0.15, -0.1) is 0 Å². The Morgan fingerprint density at radius 3 is 2.06 bits per heavy atom. The molecule has 13 heteroatoms. The third-order valence-corrected chi connectivity index (χ3v) is 6.28. The van der Waals surface area contributed by atoms with E-state index in [1.165, 1.54) is 30.3 Å². The minimum atomic E-state index is -4.83. The van der Waals surface area contributed by atoms with Crippen LogP contribution >= 0.6 is 0 Å². The van der Waals surface area contributed by atoms with E-state index in [4.69, 9.17) is 0 Å². The molecule has 2 aromatic rings. The van der Waals surface area contributed by atoms with Crippen molar-refractivity contribution < 1.29 is 40.3 Å². The highest BCUT2D eigenvalue weighted by Gasteiger charge is 2.27. The fraction of sp³-hybridized carbons (Fsp3) is 0.0500. The quantitative estimate of drug-likeness (QED) is 0.308. The lowest BCUT2D eigenvalue weighted by Crippen LogP contribution is -2.29. The number of nitrogens with one attached hydrogen (secondary N) is 1. The molecule has 0 saturated carbocycles. The molecule has 1 aliphatic rings. The molecule has 11 nitrogen and oxygen atoms in total. The number of imide groups is 1. The van der Waals surface area contributed by atoms with Gasteiger partial charge >= 0.3 is 0 Å². The third-order valence-electron chi connectivity index (χ3n) is 4.40. The van der Waals surface area contributed by atoms with Gasteiger partial charge in [0.2, 0.25) is 5.91 Å². The van der Waals surface area contributed by atoms with Crippen molar-refractivity contribution >= 4 is 61.5 Å². The molecule has 0 atom stereocenters. The van der Waals surface area contributed by atoms with Gasteiger partial charge in [0.15, 0.2) is 0 Å². The smallest absolute Gasteiger partial charge is 0.297 e. The van der Waals surface area contributed by atoms with Crippen LogP contribution < -0.4 is 10.2 Å². The molecule has 3 rings (SSSR count). The largest absolute Gasteiger partial charge is 0.325 e. The average molecular weight is 492 g/mol. The van der Waals surface area contributed by atoms with Gasteiger partial charge in [-0.3, -0.25) is 23.5 Å². The van der Waals surface area contributed by atoms with Crippen LogP contribution in [0.4, 0.5) is 11.4 Å². The summed E-state index contributed by atoms with van der Waals surface area (Å²) < 4.78 is 66.9. The van der Waals surface area contributed by atoms with E-state index in [2.05, 4.69) is 5.32 Å². The van der Waals surface area contributed by atoms with Crippen molar-refractivity contribution in [2.24, 2.45) is 0 Å². The molecule has 0 unspecified atom stereocenters. The Morgan fingerprint density at radius 1 is 0.909 bits per heavy atom. The van der Waals surface area contributed by atoms with Crippen LogP contribution in [0.5, 0.6) is 0 Å². The Balaban J connectivity index is 2.12. The zero-order valence-corrected chi connectivity index (χ0v) is 18.4. The molecular weight excluding hydrogens is 476 g/mol. The summed E-state index contributed by atoms with van der Waals surface area (Å²) in [7, 11) is -9.64. The summed E-state index contributed by atoms with van der Waals surface area (Å²) in [6.07, 6.45) is 4.29. The minimum Gasteiger partial charge on any atom is -0.325 e. The Morgan fingerprint density at radius 2 is 1.52 bits per heavy atom. The summed E-state index contributed by atoms with van der Waals surface area (Å²) in [6, 6.07) is 7.30. The van der Waals surface area contributed by atoms with Gasteiger partial charge in [0.05, 0.1) is 11.4 Å². The maximum atomic E-state index is 11.9. The van der Waals surface area contributed by atoms with Crippen molar-refractivity contribution in [2.45, 2.75) is 16.7 Å². The van der Waals surface area contributed by atoms with Gasteiger partial charge in [-0.25, -0.2) is 4.90 Å². The fourth-order valence-corrected chi connectivity index (χ4v) is 4.65. The first kappa shape index (κ1) is 24.0. The van der Waals surface area contributed by atoms with E-state index in [9.17, 15) is 40.3 Å². The zero-order valence-electron chi connectivity index (χ0n) is 16.8. The number of hydrogen-bond donors (Lipinski definition) is 3. The van der Waals surface area contributed by atoms with Gasteiger partial charge in [0.1, 0.15) is 9.79 Å². The van der Waals surface area contributed by atoms with Crippen LogP contribution in [0, 0.1) is 0 Å². The highest BCUT2D eigenvalue weighted by atomic mass is 32.2. The number of benzene rings is 2. The number of hydrogen-bond acceptors (Lipinski definition) is 7. The summed E-state index contributed by atoms with van der Waals surface area (Å²) in [6.45, 7) is 1.14. The molecule has 0 saturated heterocycles. The second-order valence-corrected chi connectivity index (χ2v) is 9.50. The molecule has 3 amide bonds. The lowest BCUT2D eigenvalue weighted by Gasteiger charge is -2.15. The maximum Gasteiger partial charge on any atom is 0.297 e. The van der Waals surface area contributed by atoms with Crippen LogP contribution in [0.25, 0.3) is 12.2 Å². The summed E-state index contributed by atoms with van der Waals surface area (Å²) >= 11 is 0. The lowest BCUT2D eigenvalue weighted by molar-refractivity contribution is -0.120. The molecule has 0 fully saturated rings. The van der Waals surface area contributed by atoms with E-state index in [1.807, 2.05) is 0 Å². The molecule has 3 N–H and O–H groups in total. The number of rotatable bonds is 6. The van der Waals surface area contributed by atoms with Gasteiger partial charge in [0, 0.05) is 19.1 Å². The Kier molecular flexibility index (Phi) is 6.33. The average Bonchev–Trinajstić information content (AvgIpc) is 3.02. The molecule has 0 bridgehead atoms. The van der Waals surface area contributed by atoms with E-state index >= 15 is 0 Å². The van der Waals surface area contributed by atoms with Crippen molar-refractivity contribution in [1.29, 1.82) is 0 Å². The van der Waals surface area contributed by atoms with Gasteiger partial charge in [-0.05, 0) is 29.3 Å². The van der Waals surface area contributed by atoms with E-state index in [0.29, 0.717) is 4.90 Å². The zero-order chi connectivity index (χ0) is 24.6. The monoisotopic (exact) mass is 492 g/mol. The van der Waals surface area contributed by atoms with Crippen LogP contribution in [0.3, 0.4) is 0 Å². The van der Waals surface area contributed by atoms with Crippen molar-refractivity contribution in [3.63, 3.8) is 0 Å². The molecule has 0 radical (unpaired) electrons. The van der Waals surface area contributed by atoms with Crippen LogP contribution in [-0.2, 0) is 34.6 Å². The Labute approximate surface area is 188 Å². The first-order valence-electron chi connectivity index (χ1n) is 9.03. The molecule has 0 spiro atoms. The third kappa shape index (κ3) is 5.23. The highest BCUT2D eigenvalue weighted by molar-refractivity contribution is 7.86. The summed E-state index contributed by atoms with van der Waals surface area (Å²) in [5, 5.41) is 2.28. The summed E-state index contributed by atoms with van der Waals surface area (Å²) in [5.74, 6) is -1.99. The Hall–Kier alpha value is -3.65. The van der Waals surface area contributed by atoms with Gasteiger partial charge in [0.25, 0.3) is 32.1 Å². The first-order chi connectivity index (χ1) is 15.3. The number of amides is 3. The predicted molar refractivity (Wildman–Crippen MR) is 117 cm³/mol. The molecule has 1 aliphatic heterocycles. The van der Waals surface area contributed by atoms with E-state index in [-0.39, 0.29) is 22.5 Å². The SMILES string of the molecule is CC(=O)Nc1cccc(/C=C/c2ccc(N3C(=O)C=CC3=O)cc2S(=O)(=O)O)c1S(=O)(=O)O. The number of anilines is 2. The maximum absolute atomic E-state index is 11.9. The van der Waals surface area contributed by atoms with E-state index in [0.717, 1.165) is 37.3 Å². The molecule has 1 heterocycles.